The van der Waals surface area contributed by atoms with Crippen LogP contribution in [0.5, 0.6) is 0 Å². The fraction of sp³-hybridized carbons (Fsp3) is 0.846. The van der Waals surface area contributed by atoms with Crippen molar-refractivity contribution in [2.75, 3.05) is 19.8 Å². The van der Waals surface area contributed by atoms with Crippen LogP contribution in [-0.4, -0.2) is 32.1 Å². The summed E-state index contributed by atoms with van der Waals surface area (Å²) in [6.07, 6.45) is 8.53. The van der Waals surface area contributed by atoms with Gasteiger partial charge in [-0.15, -0.1) is 0 Å². The summed E-state index contributed by atoms with van der Waals surface area (Å²) in [7, 11) is 0. The molecule has 16 heavy (non-hydrogen) atoms. The highest BCUT2D eigenvalue weighted by atomic mass is 16.7. The van der Waals surface area contributed by atoms with E-state index in [2.05, 4.69) is 18.3 Å². The molecule has 1 N–H and O–H groups in total. The molecule has 0 aromatic carbocycles. The first-order valence-electron chi connectivity index (χ1n) is 6.55. The summed E-state index contributed by atoms with van der Waals surface area (Å²) >= 11 is 0. The topological polar surface area (TPSA) is 30.5 Å². The van der Waals surface area contributed by atoms with E-state index >= 15 is 0 Å². The van der Waals surface area contributed by atoms with Crippen LogP contribution in [0.15, 0.2) is 11.6 Å². The third kappa shape index (κ3) is 3.30. The molecule has 0 radical (unpaired) electrons. The summed E-state index contributed by atoms with van der Waals surface area (Å²) in [4.78, 5) is 0. The molecule has 1 fully saturated rings. The molecule has 3 nitrogen and oxygen atoms in total. The van der Waals surface area contributed by atoms with Crippen molar-refractivity contribution in [2.45, 2.75) is 51.4 Å². The lowest BCUT2D eigenvalue weighted by Crippen LogP contribution is -2.35. The average molecular weight is 225 g/mol. The Hall–Kier alpha value is -0.380. The summed E-state index contributed by atoms with van der Waals surface area (Å²) < 4.78 is 11.1. The smallest absolute Gasteiger partial charge is 0.159 e. The zero-order valence-electron chi connectivity index (χ0n) is 10.2. The molecule has 1 unspecified atom stereocenters. The monoisotopic (exact) mass is 225 g/mol. The lowest BCUT2D eigenvalue weighted by molar-refractivity contribution is -0.0507. The standard InChI is InChI=1S/C13H23NO2/c1-2-14-12(10-13-15-8-9-16-13)11-6-4-3-5-7-11/h6,12-14H,2-5,7-10H2,1H3. The fourth-order valence-electron chi connectivity index (χ4n) is 2.53. The predicted molar refractivity (Wildman–Crippen MR) is 64.3 cm³/mol. The molecule has 0 aromatic rings. The molecule has 1 saturated heterocycles. The van der Waals surface area contributed by atoms with Crippen LogP contribution in [0.3, 0.4) is 0 Å². The second kappa shape index (κ2) is 6.38. The van der Waals surface area contributed by atoms with E-state index in [1.54, 1.807) is 5.57 Å². The van der Waals surface area contributed by atoms with E-state index < -0.39 is 0 Å². The van der Waals surface area contributed by atoms with Crippen molar-refractivity contribution in [3.63, 3.8) is 0 Å². The van der Waals surface area contributed by atoms with Gasteiger partial charge in [0.05, 0.1) is 13.2 Å². The highest BCUT2D eigenvalue weighted by Crippen LogP contribution is 2.24. The van der Waals surface area contributed by atoms with Crippen molar-refractivity contribution in [1.82, 2.24) is 5.32 Å². The summed E-state index contributed by atoms with van der Waals surface area (Å²) in [5.74, 6) is 0. The summed E-state index contributed by atoms with van der Waals surface area (Å²) in [6, 6.07) is 0.452. The Kier molecular flexibility index (Phi) is 4.82. The number of allylic oxidation sites excluding steroid dienone is 1. The van der Waals surface area contributed by atoms with Crippen LogP contribution in [0.2, 0.25) is 0 Å². The molecular weight excluding hydrogens is 202 g/mol. The zero-order valence-corrected chi connectivity index (χ0v) is 10.2. The molecule has 0 amide bonds. The van der Waals surface area contributed by atoms with Gasteiger partial charge in [0, 0.05) is 12.5 Å². The molecule has 0 aromatic heterocycles. The minimum atomic E-state index is 0.00637. The molecule has 2 aliphatic rings. The lowest BCUT2D eigenvalue weighted by atomic mass is 9.92. The summed E-state index contributed by atoms with van der Waals surface area (Å²) in [5, 5.41) is 3.55. The van der Waals surface area contributed by atoms with Crippen molar-refractivity contribution in [3.8, 4) is 0 Å². The van der Waals surface area contributed by atoms with E-state index in [0.29, 0.717) is 6.04 Å². The molecule has 1 atom stereocenters. The van der Waals surface area contributed by atoms with Gasteiger partial charge in [-0.2, -0.15) is 0 Å². The molecule has 1 heterocycles. The number of likely N-dealkylation sites (N-methyl/N-ethyl adjacent to an activating group) is 1. The quantitative estimate of drug-likeness (QED) is 0.728. The molecule has 2 rings (SSSR count). The Morgan fingerprint density at radius 1 is 1.38 bits per heavy atom. The average Bonchev–Trinajstić information content (AvgIpc) is 2.83. The van der Waals surface area contributed by atoms with Crippen molar-refractivity contribution in [2.24, 2.45) is 0 Å². The maximum Gasteiger partial charge on any atom is 0.159 e. The van der Waals surface area contributed by atoms with Crippen LogP contribution in [0.1, 0.15) is 39.0 Å². The van der Waals surface area contributed by atoms with Gasteiger partial charge in [0.15, 0.2) is 6.29 Å². The zero-order chi connectivity index (χ0) is 11.2. The maximum absolute atomic E-state index is 5.53. The van der Waals surface area contributed by atoms with Crippen molar-refractivity contribution >= 4 is 0 Å². The van der Waals surface area contributed by atoms with Crippen LogP contribution in [0.4, 0.5) is 0 Å². The van der Waals surface area contributed by atoms with Crippen LogP contribution in [0, 0.1) is 0 Å². The van der Waals surface area contributed by atoms with Gasteiger partial charge < -0.3 is 14.8 Å². The highest BCUT2D eigenvalue weighted by molar-refractivity contribution is 5.13. The maximum atomic E-state index is 5.53. The second-order valence-electron chi connectivity index (χ2n) is 4.54. The predicted octanol–water partition coefficient (Wildman–Crippen LogP) is 2.23. The van der Waals surface area contributed by atoms with Crippen molar-refractivity contribution in [1.29, 1.82) is 0 Å². The van der Waals surface area contributed by atoms with E-state index in [1.165, 1.54) is 25.7 Å². The van der Waals surface area contributed by atoms with Crippen molar-refractivity contribution < 1.29 is 9.47 Å². The Morgan fingerprint density at radius 3 is 2.81 bits per heavy atom. The lowest BCUT2D eigenvalue weighted by Gasteiger charge is -2.25. The van der Waals surface area contributed by atoms with Crippen molar-refractivity contribution in [3.05, 3.63) is 11.6 Å². The minimum Gasteiger partial charge on any atom is -0.350 e. The van der Waals surface area contributed by atoms with Gasteiger partial charge in [0.2, 0.25) is 0 Å². The largest absolute Gasteiger partial charge is 0.350 e. The molecule has 3 heteroatoms. The van der Waals surface area contributed by atoms with Gasteiger partial charge >= 0.3 is 0 Å². The number of hydrogen-bond acceptors (Lipinski definition) is 3. The van der Waals surface area contributed by atoms with E-state index in [-0.39, 0.29) is 6.29 Å². The molecule has 92 valence electrons. The molecule has 0 spiro atoms. The van der Waals surface area contributed by atoms with Crippen LogP contribution >= 0.6 is 0 Å². The van der Waals surface area contributed by atoms with Gasteiger partial charge in [-0.3, -0.25) is 0 Å². The van der Waals surface area contributed by atoms with E-state index in [0.717, 1.165) is 26.2 Å². The molecule has 1 aliphatic carbocycles. The third-order valence-electron chi connectivity index (χ3n) is 3.34. The van der Waals surface area contributed by atoms with Gasteiger partial charge in [0.25, 0.3) is 0 Å². The van der Waals surface area contributed by atoms with E-state index in [1.807, 2.05) is 0 Å². The van der Waals surface area contributed by atoms with Crippen LogP contribution < -0.4 is 5.32 Å². The van der Waals surface area contributed by atoms with Gasteiger partial charge in [-0.05, 0) is 32.2 Å². The Balaban J connectivity index is 1.89. The first kappa shape index (κ1) is 12.1. The Labute approximate surface area is 98.2 Å². The highest BCUT2D eigenvalue weighted by Gasteiger charge is 2.23. The van der Waals surface area contributed by atoms with Crippen LogP contribution in [0.25, 0.3) is 0 Å². The van der Waals surface area contributed by atoms with Gasteiger partial charge in [0.1, 0.15) is 0 Å². The van der Waals surface area contributed by atoms with E-state index in [4.69, 9.17) is 9.47 Å². The molecule has 0 bridgehead atoms. The fourth-order valence-corrected chi connectivity index (χ4v) is 2.53. The second-order valence-corrected chi connectivity index (χ2v) is 4.54. The summed E-state index contributed by atoms with van der Waals surface area (Å²) in [5.41, 5.74) is 1.56. The number of hydrogen-bond donors (Lipinski definition) is 1. The van der Waals surface area contributed by atoms with E-state index in [9.17, 15) is 0 Å². The Bertz CT molecular complexity index is 234. The number of ether oxygens (including phenoxy) is 2. The number of nitrogens with one attached hydrogen (secondary N) is 1. The molecule has 0 saturated carbocycles. The first-order chi connectivity index (χ1) is 7.90. The number of rotatable bonds is 5. The molecule has 1 aliphatic heterocycles. The van der Waals surface area contributed by atoms with Gasteiger partial charge in [-0.25, -0.2) is 0 Å². The SMILES string of the molecule is CCNC(CC1OCCO1)C1=CCCCC1. The summed E-state index contributed by atoms with van der Waals surface area (Å²) in [6.45, 7) is 4.67. The van der Waals surface area contributed by atoms with Crippen LogP contribution in [-0.2, 0) is 9.47 Å². The van der Waals surface area contributed by atoms with Gasteiger partial charge in [-0.1, -0.05) is 18.6 Å². The Morgan fingerprint density at radius 2 is 2.19 bits per heavy atom. The molecular formula is C13H23NO2. The normalized spacial score (nSPS) is 24.4. The first-order valence-corrected chi connectivity index (χ1v) is 6.55. The third-order valence-corrected chi connectivity index (χ3v) is 3.34. The minimum absolute atomic E-state index is 0.00637.